The number of nitrogens with one attached hydrogen (secondary N) is 2. The first-order valence-electron chi connectivity index (χ1n) is 8.80. The lowest BCUT2D eigenvalue weighted by Gasteiger charge is -2.18. The molecule has 2 N–H and O–H groups in total. The molecule has 1 aliphatic carbocycles. The van der Waals surface area contributed by atoms with Crippen LogP contribution in [0.25, 0.3) is 0 Å². The van der Waals surface area contributed by atoms with Crippen molar-refractivity contribution in [2.45, 2.75) is 19.8 Å². The van der Waals surface area contributed by atoms with E-state index in [-0.39, 0.29) is 22.0 Å². The van der Waals surface area contributed by atoms with Gasteiger partial charge in [0.25, 0.3) is 5.91 Å². The van der Waals surface area contributed by atoms with E-state index in [0.717, 1.165) is 18.9 Å². The summed E-state index contributed by atoms with van der Waals surface area (Å²) in [6.07, 6.45) is 2.61. The summed E-state index contributed by atoms with van der Waals surface area (Å²) < 4.78 is 53.8. The normalized spacial score (nSPS) is 13.9. The van der Waals surface area contributed by atoms with Crippen LogP contribution in [-0.2, 0) is 14.9 Å². The van der Waals surface area contributed by atoms with E-state index in [0.29, 0.717) is 16.6 Å². The molecule has 30 heavy (non-hydrogen) atoms. The van der Waals surface area contributed by atoms with Gasteiger partial charge in [-0.05, 0) is 43.9 Å². The van der Waals surface area contributed by atoms with Crippen molar-refractivity contribution < 1.29 is 26.8 Å². The van der Waals surface area contributed by atoms with Gasteiger partial charge in [0.2, 0.25) is 15.8 Å². The van der Waals surface area contributed by atoms with Crippen LogP contribution < -0.4 is 16.4 Å². The molecule has 3 rings (SSSR count). The van der Waals surface area contributed by atoms with Crippen molar-refractivity contribution in [3.63, 3.8) is 0 Å². The smallest absolute Gasteiger partial charge is 0.302 e. The fraction of sp³-hybridized carbons (Fsp3) is 0.333. The van der Waals surface area contributed by atoms with Crippen LogP contribution in [0.1, 0.15) is 28.9 Å². The Balaban J connectivity index is 2.12. The first-order chi connectivity index (χ1) is 14.0. The van der Waals surface area contributed by atoms with Gasteiger partial charge in [-0.2, -0.15) is 4.39 Å². The van der Waals surface area contributed by atoms with Crippen molar-refractivity contribution in [1.82, 2.24) is 9.45 Å². The second-order valence-electron chi connectivity index (χ2n) is 6.92. The maximum Gasteiger partial charge on any atom is 0.302 e. The molecule has 8 nitrogen and oxygen atoms in total. The van der Waals surface area contributed by atoms with Gasteiger partial charge in [-0.15, -0.1) is 0 Å². The number of carbonyl (C=O) groups excluding carboxylic acids is 1. The van der Waals surface area contributed by atoms with Crippen molar-refractivity contribution in [1.29, 1.82) is 0 Å². The number of amides is 1. The Hall–Kier alpha value is -2.31. The van der Waals surface area contributed by atoms with Gasteiger partial charge in [-0.3, -0.25) is 14.4 Å². The van der Waals surface area contributed by atoms with Gasteiger partial charge in [0.1, 0.15) is 5.82 Å². The van der Waals surface area contributed by atoms with Gasteiger partial charge in [0.05, 0.1) is 29.8 Å². The molecule has 1 aliphatic rings. The number of hydrogen-bond donors (Lipinski definition) is 2. The van der Waals surface area contributed by atoms with E-state index in [9.17, 15) is 26.8 Å². The monoisotopic (exact) mass is 505 g/mol. The van der Waals surface area contributed by atoms with E-state index in [1.54, 1.807) is 0 Å². The zero-order valence-corrected chi connectivity index (χ0v) is 18.4. The highest BCUT2D eigenvalue weighted by atomic mass is 79.9. The Morgan fingerprint density at radius 1 is 1.33 bits per heavy atom. The van der Waals surface area contributed by atoms with E-state index in [2.05, 4.69) is 26.7 Å². The third-order valence-electron chi connectivity index (χ3n) is 4.44. The second kappa shape index (κ2) is 8.44. The van der Waals surface area contributed by atoms with Crippen molar-refractivity contribution in [2.75, 3.05) is 18.2 Å². The summed E-state index contributed by atoms with van der Waals surface area (Å²) in [6.45, 7) is 1.41. The molecule has 162 valence electrons. The zero-order chi connectivity index (χ0) is 22.2. The highest BCUT2D eigenvalue weighted by molar-refractivity contribution is 9.10. The predicted octanol–water partition coefficient (Wildman–Crippen LogP) is 2.82. The Labute approximate surface area is 179 Å². The molecule has 2 aromatic rings. The van der Waals surface area contributed by atoms with Crippen LogP contribution in [0.4, 0.5) is 20.2 Å². The molecule has 1 amide bonds. The largest absolute Gasteiger partial charge is 0.350 e. The van der Waals surface area contributed by atoms with Crippen molar-refractivity contribution in [3.8, 4) is 0 Å². The lowest BCUT2D eigenvalue weighted by molar-refractivity contribution is 0.0269. The van der Waals surface area contributed by atoms with Crippen molar-refractivity contribution in [2.24, 2.45) is 5.92 Å². The molecule has 0 spiro atoms. The number of hydroxylamine groups is 1. The third kappa shape index (κ3) is 4.71. The molecule has 0 saturated heterocycles. The summed E-state index contributed by atoms with van der Waals surface area (Å²) in [6, 6.07) is 3.83. The Bertz CT molecular complexity index is 1180. The maximum absolute atomic E-state index is 14.9. The van der Waals surface area contributed by atoms with Gasteiger partial charge >= 0.3 is 5.56 Å². The second-order valence-corrected chi connectivity index (χ2v) is 9.66. The van der Waals surface area contributed by atoms with Gasteiger partial charge in [-0.25, -0.2) is 22.3 Å². The topological polar surface area (TPSA) is 106 Å². The Kier molecular flexibility index (Phi) is 6.29. The van der Waals surface area contributed by atoms with Crippen LogP contribution in [-0.4, -0.2) is 31.2 Å². The minimum absolute atomic E-state index is 0.182. The molecule has 12 heteroatoms. The number of rotatable bonds is 7. The van der Waals surface area contributed by atoms with E-state index in [1.807, 2.05) is 0 Å². The summed E-state index contributed by atoms with van der Waals surface area (Å²) in [5.41, 5.74) is -1.10. The average molecular weight is 506 g/mol. The standard InChI is InChI=1S/C18H18BrF2N3O5S/c1-9-14(17(25)23-29-8-10-3-4-10)16(15(21)18(26)24(9)30(2,27)28)22-13-6-5-11(19)7-12(13)20/h5-7,10,22H,3-4,8H2,1-2H3,(H,23,25). The van der Waals surface area contributed by atoms with Crippen LogP contribution in [0, 0.1) is 24.5 Å². The third-order valence-corrected chi connectivity index (χ3v) is 6.03. The van der Waals surface area contributed by atoms with Crippen LogP contribution in [0.5, 0.6) is 0 Å². The van der Waals surface area contributed by atoms with E-state index >= 15 is 0 Å². The van der Waals surface area contributed by atoms with Crippen molar-refractivity contribution >= 4 is 43.2 Å². The molecule has 1 fully saturated rings. The molecule has 0 unspecified atom stereocenters. The van der Waals surface area contributed by atoms with Gasteiger partial charge in [0, 0.05) is 10.2 Å². The molecule has 1 aromatic heterocycles. The van der Waals surface area contributed by atoms with E-state index in [1.165, 1.54) is 19.1 Å². The summed E-state index contributed by atoms with van der Waals surface area (Å²) in [4.78, 5) is 30.2. The van der Waals surface area contributed by atoms with Gasteiger partial charge < -0.3 is 5.32 Å². The summed E-state index contributed by atoms with van der Waals surface area (Å²) in [5.74, 6) is -3.02. The van der Waals surface area contributed by atoms with Crippen LogP contribution in [0.2, 0.25) is 0 Å². The Morgan fingerprint density at radius 3 is 2.57 bits per heavy atom. The first-order valence-corrected chi connectivity index (χ1v) is 11.4. The number of benzene rings is 1. The number of pyridine rings is 1. The predicted molar refractivity (Wildman–Crippen MR) is 109 cm³/mol. The number of halogens is 3. The lowest BCUT2D eigenvalue weighted by atomic mass is 10.1. The van der Waals surface area contributed by atoms with Crippen molar-refractivity contribution in [3.05, 3.63) is 55.9 Å². The lowest BCUT2D eigenvalue weighted by Crippen LogP contribution is -2.36. The number of carbonyl (C=O) groups is 1. The molecule has 1 aromatic carbocycles. The fourth-order valence-corrected chi connectivity index (χ4v) is 4.12. The quantitative estimate of drug-likeness (QED) is 0.560. The van der Waals surface area contributed by atoms with Gasteiger partial charge in [0.15, 0.2) is 0 Å². The minimum atomic E-state index is -4.23. The van der Waals surface area contributed by atoms with Crippen LogP contribution >= 0.6 is 15.9 Å². The average Bonchev–Trinajstić information content (AvgIpc) is 3.44. The SMILES string of the molecule is Cc1c(C(=O)NOCC2CC2)c(Nc2ccc(Br)cc2F)c(F)c(=O)n1S(C)(=O)=O. The molecule has 0 aliphatic heterocycles. The highest BCUT2D eigenvalue weighted by Gasteiger charge is 2.29. The number of hydrogen-bond acceptors (Lipinski definition) is 6. The summed E-state index contributed by atoms with van der Waals surface area (Å²) in [5, 5.41) is 2.39. The molecule has 1 heterocycles. The summed E-state index contributed by atoms with van der Waals surface area (Å²) >= 11 is 3.09. The first kappa shape index (κ1) is 22.4. The van der Waals surface area contributed by atoms with Gasteiger partial charge in [-0.1, -0.05) is 15.9 Å². The molecule has 1 saturated carbocycles. The number of aromatic nitrogens is 1. The molecule has 0 radical (unpaired) electrons. The van der Waals surface area contributed by atoms with Crippen LogP contribution in [0.15, 0.2) is 27.5 Å². The number of nitrogens with zero attached hydrogens (tertiary/aromatic N) is 1. The zero-order valence-electron chi connectivity index (χ0n) is 16.0. The molecule has 0 atom stereocenters. The fourth-order valence-electron chi connectivity index (χ4n) is 2.82. The highest BCUT2D eigenvalue weighted by Crippen LogP contribution is 2.30. The minimum Gasteiger partial charge on any atom is -0.350 e. The number of anilines is 2. The Morgan fingerprint density at radius 2 is 2.00 bits per heavy atom. The summed E-state index contributed by atoms with van der Waals surface area (Å²) in [7, 11) is -4.23. The van der Waals surface area contributed by atoms with Crippen LogP contribution in [0.3, 0.4) is 0 Å². The molecule has 0 bridgehead atoms. The maximum atomic E-state index is 14.9. The van der Waals surface area contributed by atoms with E-state index in [4.69, 9.17) is 4.84 Å². The molecular formula is C18H18BrF2N3O5S. The molecular weight excluding hydrogens is 488 g/mol. The van der Waals surface area contributed by atoms with E-state index < -0.39 is 44.4 Å².